The highest BCUT2D eigenvalue weighted by molar-refractivity contribution is 6.30. The van der Waals surface area contributed by atoms with Crippen LogP contribution in [0.4, 0.5) is 0 Å². The van der Waals surface area contributed by atoms with Gasteiger partial charge in [-0.3, -0.25) is 19.6 Å². The SMILES string of the molecule is CC(C)[C@@H](NC(=O)c1ccc2nccnc2c1)C(=O)N1CC[C@](O)(c2ccc(Cl)cc2)C(C)(C)C1. The van der Waals surface area contributed by atoms with Crippen molar-refractivity contribution in [3.05, 3.63) is 71.0 Å². The summed E-state index contributed by atoms with van der Waals surface area (Å²) >= 11 is 6.04. The zero-order chi connectivity index (χ0) is 25.4. The summed E-state index contributed by atoms with van der Waals surface area (Å²) in [4.78, 5) is 36.9. The maximum atomic E-state index is 13.6. The fourth-order valence-electron chi connectivity index (χ4n) is 4.81. The molecule has 35 heavy (non-hydrogen) atoms. The Hall–Kier alpha value is -3.03. The van der Waals surface area contributed by atoms with E-state index in [1.807, 2.05) is 39.8 Å². The third-order valence-corrected chi connectivity index (χ3v) is 7.29. The van der Waals surface area contributed by atoms with Crippen LogP contribution < -0.4 is 5.32 Å². The normalized spacial score (nSPS) is 20.6. The molecule has 1 saturated heterocycles. The van der Waals surface area contributed by atoms with Crippen LogP contribution >= 0.6 is 11.6 Å². The smallest absolute Gasteiger partial charge is 0.252 e. The van der Waals surface area contributed by atoms with E-state index in [1.165, 1.54) is 0 Å². The number of nitrogens with one attached hydrogen (secondary N) is 1. The fourth-order valence-corrected chi connectivity index (χ4v) is 4.94. The quantitative estimate of drug-likeness (QED) is 0.554. The van der Waals surface area contributed by atoms with Crippen LogP contribution in [-0.4, -0.2) is 50.9 Å². The van der Waals surface area contributed by atoms with Crippen LogP contribution in [0.2, 0.25) is 5.02 Å². The summed E-state index contributed by atoms with van der Waals surface area (Å²) in [6.45, 7) is 8.48. The molecule has 2 atom stereocenters. The number of amides is 2. The summed E-state index contributed by atoms with van der Waals surface area (Å²) < 4.78 is 0. The minimum absolute atomic E-state index is 0.119. The molecule has 8 heteroatoms. The molecule has 0 radical (unpaired) electrons. The van der Waals surface area contributed by atoms with Gasteiger partial charge in [-0.15, -0.1) is 0 Å². The van der Waals surface area contributed by atoms with Crippen molar-refractivity contribution < 1.29 is 14.7 Å². The van der Waals surface area contributed by atoms with Gasteiger partial charge in [0.15, 0.2) is 0 Å². The number of benzene rings is 2. The molecule has 1 aliphatic rings. The lowest BCUT2D eigenvalue weighted by Crippen LogP contribution is -2.60. The van der Waals surface area contributed by atoms with Crippen molar-refractivity contribution in [2.45, 2.75) is 45.8 Å². The second-order valence-corrected chi connectivity index (χ2v) is 10.7. The lowest BCUT2D eigenvalue weighted by Gasteiger charge is -2.51. The Morgan fingerprint density at radius 2 is 1.71 bits per heavy atom. The van der Waals surface area contributed by atoms with Crippen molar-refractivity contribution in [1.29, 1.82) is 0 Å². The van der Waals surface area contributed by atoms with Crippen LogP contribution in [0.15, 0.2) is 54.9 Å². The van der Waals surface area contributed by atoms with Crippen molar-refractivity contribution in [2.24, 2.45) is 11.3 Å². The van der Waals surface area contributed by atoms with Gasteiger partial charge in [0.05, 0.1) is 16.6 Å². The topological polar surface area (TPSA) is 95.4 Å². The third-order valence-electron chi connectivity index (χ3n) is 7.03. The van der Waals surface area contributed by atoms with Gasteiger partial charge in [0, 0.05) is 41.5 Å². The zero-order valence-electron chi connectivity index (χ0n) is 20.5. The number of hydrogen-bond donors (Lipinski definition) is 2. The average Bonchev–Trinajstić information content (AvgIpc) is 2.83. The predicted octanol–water partition coefficient (Wildman–Crippen LogP) is 4.18. The molecule has 1 fully saturated rings. The van der Waals surface area contributed by atoms with Crippen LogP contribution in [0.5, 0.6) is 0 Å². The second kappa shape index (κ2) is 9.55. The molecule has 184 valence electrons. The number of rotatable bonds is 5. The number of carbonyl (C=O) groups excluding carboxylic acids is 2. The van der Waals surface area contributed by atoms with Gasteiger partial charge < -0.3 is 15.3 Å². The molecule has 0 bridgehead atoms. The first-order chi connectivity index (χ1) is 16.5. The standard InChI is InChI=1S/C27H31ClN4O3/c1-17(2)23(31-24(33)18-5-10-21-22(15-18)30-13-12-29-21)25(34)32-14-11-27(35,26(3,4)16-32)19-6-8-20(28)9-7-19/h5-10,12-13,15,17,23,35H,11,14,16H2,1-4H3,(H,31,33)/t23-,27+/m1/s1. The monoisotopic (exact) mass is 494 g/mol. The van der Waals surface area contributed by atoms with E-state index in [9.17, 15) is 14.7 Å². The van der Waals surface area contributed by atoms with E-state index in [1.54, 1.807) is 47.6 Å². The Morgan fingerprint density at radius 3 is 2.34 bits per heavy atom. The van der Waals surface area contributed by atoms with Crippen LogP contribution in [0, 0.1) is 11.3 Å². The highest BCUT2D eigenvalue weighted by Crippen LogP contribution is 2.46. The molecule has 3 aromatic rings. The Morgan fingerprint density at radius 1 is 1.06 bits per heavy atom. The number of carbonyl (C=O) groups is 2. The lowest BCUT2D eigenvalue weighted by molar-refractivity contribution is -0.155. The van der Waals surface area contributed by atoms with Gasteiger partial charge >= 0.3 is 0 Å². The van der Waals surface area contributed by atoms with Crippen LogP contribution in [0.25, 0.3) is 11.0 Å². The Labute approximate surface area is 210 Å². The number of hydrogen-bond acceptors (Lipinski definition) is 5. The summed E-state index contributed by atoms with van der Waals surface area (Å²) in [5.41, 5.74) is 0.810. The lowest BCUT2D eigenvalue weighted by atomic mass is 9.66. The molecular formula is C27H31ClN4O3. The maximum Gasteiger partial charge on any atom is 0.252 e. The van der Waals surface area contributed by atoms with Crippen LogP contribution in [0.3, 0.4) is 0 Å². The van der Waals surface area contributed by atoms with E-state index < -0.39 is 17.1 Å². The first kappa shape index (κ1) is 25.1. The second-order valence-electron chi connectivity index (χ2n) is 10.2. The van der Waals surface area contributed by atoms with E-state index in [0.717, 1.165) is 5.56 Å². The number of aromatic nitrogens is 2. The number of piperidine rings is 1. The Bertz CT molecular complexity index is 1240. The van der Waals surface area contributed by atoms with Gasteiger partial charge in [0.25, 0.3) is 5.91 Å². The van der Waals surface area contributed by atoms with Gasteiger partial charge in [0.2, 0.25) is 5.91 Å². The minimum Gasteiger partial charge on any atom is -0.384 e. The number of nitrogens with zero attached hydrogens (tertiary/aromatic N) is 3. The molecule has 2 amide bonds. The van der Waals surface area contributed by atoms with Crippen LogP contribution in [-0.2, 0) is 10.4 Å². The molecule has 2 N–H and O–H groups in total. The highest BCUT2D eigenvalue weighted by Gasteiger charge is 2.50. The average molecular weight is 495 g/mol. The number of halogens is 1. The van der Waals surface area contributed by atoms with Gasteiger partial charge in [-0.2, -0.15) is 0 Å². The molecule has 0 unspecified atom stereocenters. The van der Waals surface area contributed by atoms with Crippen molar-refractivity contribution in [3.63, 3.8) is 0 Å². The van der Waals surface area contributed by atoms with Crippen molar-refractivity contribution in [2.75, 3.05) is 13.1 Å². The first-order valence-corrected chi connectivity index (χ1v) is 12.2. The van der Waals surface area contributed by atoms with Crippen molar-refractivity contribution in [1.82, 2.24) is 20.2 Å². The van der Waals surface area contributed by atoms with Crippen molar-refractivity contribution >= 4 is 34.4 Å². The molecule has 1 aliphatic heterocycles. The van der Waals surface area contributed by atoms with Gasteiger partial charge in [-0.05, 0) is 48.2 Å². The molecule has 1 aromatic heterocycles. The van der Waals surface area contributed by atoms with Gasteiger partial charge in [-0.25, -0.2) is 0 Å². The van der Waals surface area contributed by atoms with E-state index in [-0.39, 0.29) is 17.7 Å². The number of likely N-dealkylation sites (tertiary alicyclic amines) is 1. The molecule has 2 aromatic carbocycles. The fraction of sp³-hybridized carbons (Fsp3) is 0.407. The Kier molecular flexibility index (Phi) is 6.84. The molecule has 0 saturated carbocycles. The van der Waals surface area contributed by atoms with Gasteiger partial charge in [-0.1, -0.05) is 51.4 Å². The summed E-state index contributed by atoms with van der Waals surface area (Å²) in [6, 6.07) is 11.6. The van der Waals surface area contributed by atoms with E-state index >= 15 is 0 Å². The van der Waals surface area contributed by atoms with Crippen LogP contribution in [0.1, 0.15) is 50.0 Å². The zero-order valence-corrected chi connectivity index (χ0v) is 21.2. The summed E-state index contributed by atoms with van der Waals surface area (Å²) in [7, 11) is 0. The Balaban J connectivity index is 1.51. The van der Waals surface area contributed by atoms with E-state index in [0.29, 0.717) is 41.1 Å². The van der Waals surface area contributed by atoms with E-state index in [4.69, 9.17) is 11.6 Å². The predicted molar refractivity (Wildman–Crippen MR) is 136 cm³/mol. The van der Waals surface area contributed by atoms with E-state index in [2.05, 4.69) is 15.3 Å². The summed E-state index contributed by atoms with van der Waals surface area (Å²) in [5, 5.41) is 15.2. The summed E-state index contributed by atoms with van der Waals surface area (Å²) in [5.74, 6) is -0.606. The number of aliphatic hydroxyl groups is 1. The van der Waals surface area contributed by atoms with Crippen molar-refractivity contribution in [3.8, 4) is 0 Å². The molecule has 0 spiro atoms. The first-order valence-electron chi connectivity index (χ1n) is 11.8. The maximum absolute atomic E-state index is 13.6. The van der Waals surface area contributed by atoms with Gasteiger partial charge in [0.1, 0.15) is 6.04 Å². The highest BCUT2D eigenvalue weighted by atomic mass is 35.5. The molecule has 0 aliphatic carbocycles. The third kappa shape index (κ3) is 4.88. The molecular weight excluding hydrogens is 464 g/mol. The summed E-state index contributed by atoms with van der Waals surface area (Å²) in [6.07, 6.45) is 3.56. The largest absolute Gasteiger partial charge is 0.384 e. The number of fused-ring (bicyclic) bond motifs is 1. The molecule has 4 rings (SSSR count). The molecule has 7 nitrogen and oxygen atoms in total. The molecule has 2 heterocycles. The minimum atomic E-state index is -1.10.